The quantitative estimate of drug-likeness (QED) is 0.592. The smallest absolute Gasteiger partial charge is 0.166 e. The van der Waals surface area contributed by atoms with Crippen LogP contribution in [0.5, 0.6) is 0 Å². The number of thiocarbonyl (C=S) groups is 1. The SMILES string of the molecule is COCCCNC(=S)NCc1ccncc1C. The van der Waals surface area contributed by atoms with Crippen LogP contribution >= 0.6 is 12.2 Å². The van der Waals surface area contributed by atoms with Gasteiger partial charge in [0.05, 0.1) is 0 Å². The van der Waals surface area contributed by atoms with E-state index in [0.717, 1.165) is 26.1 Å². The molecule has 2 N–H and O–H groups in total. The average molecular weight is 253 g/mol. The van der Waals surface area contributed by atoms with Gasteiger partial charge in [-0.1, -0.05) is 0 Å². The maximum atomic E-state index is 5.17. The Morgan fingerprint density at radius 1 is 1.47 bits per heavy atom. The molecule has 1 heterocycles. The molecule has 17 heavy (non-hydrogen) atoms. The minimum atomic E-state index is 0.678. The maximum absolute atomic E-state index is 5.17. The zero-order valence-electron chi connectivity index (χ0n) is 10.3. The first kappa shape index (κ1) is 13.9. The molecule has 1 rings (SSSR count). The van der Waals surface area contributed by atoms with Crippen molar-refractivity contribution in [1.82, 2.24) is 15.6 Å². The molecule has 0 bridgehead atoms. The van der Waals surface area contributed by atoms with Gasteiger partial charge in [-0.25, -0.2) is 0 Å². The van der Waals surface area contributed by atoms with Crippen molar-refractivity contribution in [1.29, 1.82) is 0 Å². The van der Waals surface area contributed by atoms with Crippen molar-refractivity contribution in [2.45, 2.75) is 19.9 Å². The molecule has 0 aromatic carbocycles. The van der Waals surface area contributed by atoms with Gasteiger partial charge in [0.1, 0.15) is 0 Å². The highest BCUT2D eigenvalue weighted by atomic mass is 32.1. The molecule has 0 atom stereocenters. The van der Waals surface area contributed by atoms with Gasteiger partial charge in [-0.2, -0.15) is 0 Å². The molecule has 0 saturated heterocycles. The van der Waals surface area contributed by atoms with Crippen molar-refractivity contribution in [3.05, 3.63) is 29.6 Å². The Hall–Kier alpha value is -1.20. The number of aromatic nitrogens is 1. The van der Waals surface area contributed by atoms with Gasteiger partial charge < -0.3 is 15.4 Å². The van der Waals surface area contributed by atoms with Gasteiger partial charge in [0.2, 0.25) is 0 Å². The van der Waals surface area contributed by atoms with Gasteiger partial charge in [-0.15, -0.1) is 0 Å². The molecule has 0 aliphatic rings. The van der Waals surface area contributed by atoms with E-state index in [1.54, 1.807) is 13.3 Å². The lowest BCUT2D eigenvalue weighted by molar-refractivity contribution is 0.195. The van der Waals surface area contributed by atoms with Gasteiger partial charge in [0.25, 0.3) is 0 Å². The van der Waals surface area contributed by atoms with Crippen LogP contribution in [0.1, 0.15) is 17.5 Å². The summed E-state index contributed by atoms with van der Waals surface area (Å²) in [4.78, 5) is 4.05. The fourth-order valence-electron chi connectivity index (χ4n) is 1.36. The molecule has 94 valence electrons. The van der Waals surface area contributed by atoms with E-state index >= 15 is 0 Å². The summed E-state index contributed by atoms with van der Waals surface area (Å²) in [6.07, 6.45) is 4.59. The van der Waals surface area contributed by atoms with Gasteiger partial charge in [0.15, 0.2) is 5.11 Å². The molecule has 0 fully saturated rings. The third-order valence-corrected chi connectivity index (χ3v) is 2.68. The zero-order valence-corrected chi connectivity index (χ0v) is 11.1. The molecule has 0 amide bonds. The Morgan fingerprint density at radius 2 is 2.29 bits per heavy atom. The predicted octanol–water partition coefficient (Wildman–Crippen LogP) is 1.39. The van der Waals surface area contributed by atoms with Crippen LogP contribution in [-0.2, 0) is 11.3 Å². The zero-order chi connectivity index (χ0) is 12.5. The van der Waals surface area contributed by atoms with Crippen LogP contribution in [0.15, 0.2) is 18.5 Å². The maximum Gasteiger partial charge on any atom is 0.166 e. The van der Waals surface area contributed by atoms with Crippen LogP contribution in [0, 0.1) is 6.92 Å². The Kier molecular flexibility index (Phi) is 6.50. The second-order valence-electron chi connectivity index (χ2n) is 3.76. The molecule has 1 aromatic heterocycles. The van der Waals surface area contributed by atoms with Crippen LogP contribution in [0.4, 0.5) is 0 Å². The highest BCUT2D eigenvalue weighted by Crippen LogP contribution is 2.03. The number of methoxy groups -OCH3 is 1. The number of hydrogen-bond donors (Lipinski definition) is 2. The van der Waals surface area contributed by atoms with Gasteiger partial charge >= 0.3 is 0 Å². The van der Waals surface area contributed by atoms with Crippen LogP contribution < -0.4 is 10.6 Å². The standard InChI is InChI=1S/C12H19N3OS/c1-10-8-13-6-4-11(10)9-15-12(17)14-5-3-7-16-2/h4,6,8H,3,5,7,9H2,1-2H3,(H2,14,15,17). The second kappa shape index (κ2) is 7.97. The lowest BCUT2D eigenvalue weighted by Gasteiger charge is -2.11. The molecule has 0 spiro atoms. The molecule has 0 aliphatic carbocycles. The minimum Gasteiger partial charge on any atom is -0.385 e. The van der Waals surface area contributed by atoms with Crippen LogP contribution in [0.3, 0.4) is 0 Å². The van der Waals surface area contributed by atoms with Crippen molar-refractivity contribution in [2.75, 3.05) is 20.3 Å². The molecule has 0 radical (unpaired) electrons. The molecule has 4 nitrogen and oxygen atoms in total. The molecule has 0 aliphatic heterocycles. The third kappa shape index (κ3) is 5.60. The Bertz CT molecular complexity index is 357. The number of rotatable bonds is 6. The van der Waals surface area contributed by atoms with Gasteiger partial charge in [0, 0.05) is 39.2 Å². The Balaban J connectivity index is 2.22. The summed E-state index contributed by atoms with van der Waals surface area (Å²) in [5.41, 5.74) is 2.38. The first-order valence-electron chi connectivity index (χ1n) is 5.64. The minimum absolute atomic E-state index is 0.678. The number of hydrogen-bond acceptors (Lipinski definition) is 3. The fraction of sp³-hybridized carbons (Fsp3) is 0.500. The van der Waals surface area contributed by atoms with E-state index in [1.807, 2.05) is 19.2 Å². The van der Waals surface area contributed by atoms with Gasteiger partial charge in [-0.05, 0) is 42.8 Å². The summed E-state index contributed by atoms with van der Waals surface area (Å²) in [6.45, 7) is 4.34. The number of pyridine rings is 1. The fourth-order valence-corrected chi connectivity index (χ4v) is 1.53. The molecule has 0 saturated carbocycles. The third-order valence-electron chi connectivity index (χ3n) is 2.39. The summed E-state index contributed by atoms with van der Waals surface area (Å²) in [7, 11) is 1.70. The van der Waals surface area contributed by atoms with Crippen molar-refractivity contribution in [2.24, 2.45) is 0 Å². The van der Waals surface area contributed by atoms with E-state index in [4.69, 9.17) is 17.0 Å². The molecular weight excluding hydrogens is 234 g/mol. The highest BCUT2D eigenvalue weighted by Gasteiger charge is 1.99. The van der Waals surface area contributed by atoms with Crippen molar-refractivity contribution in [3.8, 4) is 0 Å². The molecule has 0 unspecified atom stereocenters. The van der Waals surface area contributed by atoms with Crippen molar-refractivity contribution in [3.63, 3.8) is 0 Å². The number of ether oxygens (including phenoxy) is 1. The van der Waals surface area contributed by atoms with Crippen LogP contribution in [0.2, 0.25) is 0 Å². The first-order chi connectivity index (χ1) is 8.24. The number of nitrogens with zero attached hydrogens (tertiary/aromatic N) is 1. The van der Waals surface area contributed by atoms with Crippen molar-refractivity contribution < 1.29 is 4.74 Å². The Morgan fingerprint density at radius 3 is 3.00 bits per heavy atom. The normalized spacial score (nSPS) is 10.0. The average Bonchev–Trinajstić information content (AvgIpc) is 2.34. The topological polar surface area (TPSA) is 46.2 Å². The number of nitrogens with one attached hydrogen (secondary N) is 2. The number of aryl methyl sites for hydroxylation is 1. The largest absolute Gasteiger partial charge is 0.385 e. The van der Waals surface area contributed by atoms with E-state index < -0.39 is 0 Å². The summed E-state index contributed by atoms with van der Waals surface area (Å²) in [5, 5.41) is 6.98. The van der Waals surface area contributed by atoms with Gasteiger partial charge in [-0.3, -0.25) is 4.98 Å². The monoisotopic (exact) mass is 253 g/mol. The summed E-state index contributed by atoms with van der Waals surface area (Å²) < 4.78 is 4.96. The summed E-state index contributed by atoms with van der Waals surface area (Å²) in [5.74, 6) is 0. The molecule has 5 heteroatoms. The van der Waals surface area contributed by atoms with Crippen LogP contribution in [-0.4, -0.2) is 30.4 Å². The highest BCUT2D eigenvalue weighted by molar-refractivity contribution is 7.80. The summed E-state index contributed by atoms with van der Waals surface area (Å²) in [6, 6.07) is 2.00. The first-order valence-corrected chi connectivity index (χ1v) is 6.05. The Labute approximate surface area is 108 Å². The van der Waals surface area contributed by atoms with E-state index in [1.165, 1.54) is 11.1 Å². The lowest BCUT2D eigenvalue weighted by atomic mass is 10.1. The van der Waals surface area contributed by atoms with E-state index in [2.05, 4.69) is 15.6 Å². The molecular formula is C12H19N3OS. The second-order valence-corrected chi connectivity index (χ2v) is 4.17. The van der Waals surface area contributed by atoms with E-state index in [-0.39, 0.29) is 0 Å². The predicted molar refractivity (Wildman–Crippen MR) is 72.9 cm³/mol. The van der Waals surface area contributed by atoms with E-state index in [9.17, 15) is 0 Å². The summed E-state index contributed by atoms with van der Waals surface area (Å²) >= 11 is 5.17. The lowest BCUT2D eigenvalue weighted by Crippen LogP contribution is -2.35. The molecule has 1 aromatic rings. The van der Waals surface area contributed by atoms with Crippen molar-refractivity contribution >= 4 is 17.3 Å². The van der Waals surface area contributed by atoms with E-state index in [0.29, 0.717) is 5.11 Å². The van der Waals surface area contributed by atoms with Crippen LogP contribution in [0.25, 0.3) is 0 Å².